The van der Waals surface area contributed by atoms with Crippen LogP contribution in [0.3, 0.4) is 0 Å². The minimum absolute atomic E-state index is 0.205. The van der Waals surface area contributed by atoms with Crippen molar-refractivity contribution in [1.29, 1.82) is 0 Å². The van der Waals surface area contributed by atoms with Crippen LogP contribution in [0.1, 0.15) is 37.8 Å². The summed E-state index contributed by atoms with van der Waals surface area (Å²) in [6.07, 6.45) is 5.72. The molecule has 1 aliphatic heterocycles. The van der Waals surface area contributed by atoms with Crippen LogP contribution in [-0.4, -0.2) is 34.9 Å². The maximum absolute atomic E-state index is 12.3. The molecule has 0 spiro atoms. The third-order valence-corrected chi connectivity index (χ3v) is 5.16. The molecule has 0 aliphatic carbocycles. The van der Waals surface area contributed by atoms with Crippen LogP contribution in [0.5, 0.6) is 0 Å². The van der Waals surface area contributed by atoms with E-state index in [1.165, 1.54) is 24.2 Å². The number of amides is 3. The Hall–Kier alpha value is -2.41. The number of para-hydroxylation sites is 1. The predicted octanol–water partition coefficient (Wildman–Crippen LogP) is 4.12. The van der Waals surface area contributed by atoms with Crippen molar-refractivity contribution in [2.75, 3.05) is 23.7 Å². The molecule has 2 N–H and O–H groups in total. The molecule has 0 unspecified atom stereocenters. The molecule has 3 amide bonds. The summed E-state index contributed by atoms with van der Waals surface area (Å²) in [4.78, 5) is 30.7. The van der Waals surface area contributed by atoms with E-state index in [1.54, 1.807) is 0 Å². The van der Waals surface area contributed by atoms with Crippen molar-refractivity contribution in [1.82, 2.24) is 9.88 Å². The highest BCUT2D eigenvalue weighted by atomic mass is 32.1. The quantitative estimate of drug-likeness (QED) is 0.829. The molecule has 2 aromatic rings. The van der Waals surface area contributed by atoms with Gasteiger partial charge in [-0.25, -0.2) is 9.78 Å². The van der Waals surface area contributed by atoms with Crippen molar-refractivity contribution in [3.63, 3.8) is 0 Å². The summed E-state index contributed by atoms with van der Waals surface area (Å²) in [5.74, 6) is 0.205. The molecule has 26 heavy (non-hydrogen) atoms. The van der Waals surface area contributed by atoms with Gasteiger partial charge in [0.05, 0.1) is 5.69 Å². The predicted molar refractivity (Wildman–Crippen MR) is 105 cm³/mol. The number of carbonyl (C=O) groups excluding carboxylic acids is 2. The van der Waals surface area contributed by atoms with Crippen molar-refractivity contribution in [2.45, 2.75) is 38.5 Å². The van der Waals surface area contributed by atoms with Crippen LogP contribution < -0.4 is 10.6 Å². The first kappa shape index (κ1) is 18.4. The Morgan fingerprint density at radius 3 is 2.50 bits per heavy atom. The largest absolute Gasteiger partial charge is 0.343 e. The molecular formula is C19H24N4O2S. The van der Waals surface area contributed by atoms with E-state index in [1.807, 2.05) is 40.6 Å². The second-order valence-corrected chi connectivity index (χ2v) is 7.24. The topological polar surface area (TPSA) is 74.3 Å². The van der Waals surface area contributed by atoms with Gasteiger partial charge in [0.25, 0.3) is 0 Å². The van der Waals surface area contributed by atoms with E-state index in [-0.39, 0.29) is 11.9 Å². The SMILES string of the molecule is O=C(Nc1ccccc1)Nc1nc(CCC(=O)N2CCCCCC2)cs1. The number of likely N-dealkylation sites (tertiary alicyclic amines) is 1. The molecule has 1 saturated heterocycles. The second kappa shape index (κ2) is 9.33. The first-order valence-corrected chi connectivity index (χ1v) is 9.94. The smallest absolute Gasteiger partial charge is 0.325 e. The van der Waals surface area contributed by atoms with Crippen molar-refractivity contribution < 1.29 is 9.59 Å². The molecule has 1 aliphatic rings. The van der Waals surface area contributed by atoms with Gasteiger partial charge in [-0.3, -0.25) is 10.1 Å². The van der Waals surface area contributed by atoms with E-state index in [2.05, 4.69) is 15.6 Å². The number of hydrogen-bond acceptors (Lipinski definition) is 4. The molecule has 138 valence electrons. The maximum atomic E-state index is 12.3. The molecule has 0 atom stereocenters. The van der Waals surface area contributed by atoms with Crippen LogP contribution in [0, 0.1) is 0 Å². The standard InChI is InChI=1S/C19H24N4O2S/c24-17(23-12-6-1-2-7-13-23)11-10-16-14-26-19(21-16)22-18(25)20-15-8-4-3-5-9-15/h3-5,8-9,14H,1-2,6-7,10-13H2,(H2,20,21,22,25). The molecule has 1 aromatic heterocycles. The van der Waals surface area contributed by atoms with E-state index >= 15 is 0 Å². The van der Waals surface area contributed by atoms with Gasteiger partial charge in [-0.05, 0) is 31.4 Å². The van der Waals surface area contributed by atoms with Gasteiger partial charge in [0.1, 0.15) is 0 Å². The fourth-order valence-electron chi connectivity index (χ4n) is 2.97. The van der Waals surface area contributed by atoms with Gasteiger partial charge in [0.15, 0.2) is 5.13 Å². The lowest BCUT2D eigenvalue weighted by atomic mass is 10.2. The van der Waals surface area contributed by atoms with Crippen LogP contribution in [0.2, 0.25) is 0 Å². The molecule has 0 bridgehead atoms. The minimum atomic E-state index is -0.322. The zero-order chi connectivity index (χ0) is 18.2. The van der Waals surface area contributed by atoms with E-state index < -0.39 is 0 Å². The summed E-state index contributed by atoms with van der Waals surface area (Å²) in [5, 5.41) is 7.92. The van der Waals surface area contributed by atoms with Crippen molar-refractivity contribution >= 4 is 34.1 Å². The first-order chi connectivity index (χ1) is 12.7. The first-order valence-electron chi connectivity index (χ1n) is 9.06. The number of aromatic nitrogens is 1. The molecule has 0 radical (unpaired) electrons. The lowest BCUT2D eigenvalue weighted by molar-refractivity contribution is -0.131. The molecular weight excluding hydrogens is 348 g/mol. The van der Waals surface area contributed by atoms with Gasteiger partial charge in [-0.2, -0.15) is 0 Å². The number of hydrogen-bond donors (Lipinski definition) is 2. The van der Waals surface area contributed by atoms with Crippen molar-refractivity contribution in [3.05, 3.63) is 41.4 Å². The fourth-order valence-corrected chi connectivity index (χ4v) is 3.71. The number of carbonyl (C=O) groups is 2. The van der Waals surface area contributed by atoms with Crippen molar-refractivity contribution in [3.8, 4) is 0 Å². The highest BCUT2D eigenvalue weighted by Crippen LogP contribution is 2.18. The van der Waals surface area contributed by atoms with E-state index in [4.69, 9.17) is 0 Å². The number of rotatable bonds is 5. The highest BCUT2D eigenvalue weighted by Gasteiger charge is 2.16. The molecule has 3 rings (SSSR count). The van der Waals surface area contributed by atoms with Gasteiger partial charge in [0.2, 0.25) is 5.91 Å². The summed E-state index contributed by atoms with van der Waals surface area (Å²) in [5.41, 5.74) is 1.57. The Labute approximate surface area is 157 Å². The number of benzene rings is 1. The Morgan fingerprint density at radius 1 is 1.04 bits per heavy atom. The zero-order valence-electron chi connectivity index (χ0n) is 14.7. The van der Waals surface area contributed by atoms with E-state index in [9.17, 15) is 9.59 Å². The van der Waals surface area contributed by atoms with Gasteiger partial charge < -0.3 is 10.2 Å². The number of anilines is 2. The molecule has 7 heteroatoms. The third kappa shape index (κ3) is 5.56. The number of thiazole rings is 1. The average Bonchev–Trinajstić information content (AvgIpc) is 2.91. The number of nitrogens with one attached hydrogen (secondary N) is 2. The van der Waals surface area contributed by atoms with Crippen LogP contribution >= 0.6 is 11.3 Å². The zero-order valence-corrected chi connectivity index (χ0v) is 15.6. The van der Waals surface area contributed by atoms with Gasteiger partial charge >= 0.3 is 6.03 Å². The number of urea groups is 1. The summed E-state index contributed by atoms with van der Waals surface area (Å²) >= 11 is 1.37. The summed E-state index contributed by atoms with van der Waals surface area (Å²) < 4.78 is 0. The second-order valence-electron chi connectivity index (χ2n) is 6.38. The molecule has 6 nitrogen and oxygen atoms in total. The summed E-state index contributed by atoms with van der Waals surface area (Å²) in [6.45, 7) is 1.75. The van der Waals surface area contributed by atoms with Crippen LogP contribution in [0.25, 0.3) is 0 Å². The Kier molecular flexibility index (Phi) is 6.60. The third-order valence-electron chi connectivity index (χ3n) is 4.36. The Morgan fingerprint density at radius 2 is 1.77 bits per heavy atom. The summed E-state index contributed by atoms with van der Waals surface area (Å²) in [6, 6.07) is 8.93. The van der Waals surface area contributed by atoms with E-state index in [0.717, 1.165) is 37.3 Å². The minimum Gasteiger partial charge on any atom is -0.343 e. The Bertz CT molecular complexity index is 724. The molecule has 1 fully saturated rings. The van der Waals surface area contributed by atoms with Crippen LogP contribution in [-0.2, 0) is 11.2 Å². The normalized spacial score (nSPS) is 14.5. The fraction of sp³-hybridized carbons (Fsp3) is 0.421. The van der Waals surface area contributed by atoms with E-state index in [0.29, 0.717) is 18.0 Å². The molecule has 0 saturated carbocycles. The van der Waals surface area contributed by atoms with Crippen LogP contribution in [0.4, 0.5) is 15.6 Å². The van der Waals surface area contributed by atoms with Gasteiger partial charge in [-0.1, -0.05) is 31.0 Å². The molecule has 2 heterocycles. The Balaban J connectivity index is 1.45. The number of nitrogens with zero attached hydrogens (tertiary/aromatic N) is 2. The molecule has 1 aromatic carbocycles. The van der Waals surface area contributed by atoms with Gasteiger partial charge in [0, 0.05) is 30.6 Å². The average molecular weight is 372 g/mol. The van der Waals surface area contributed by atoms with Crippen molar-refractivity contribution in [2.24, 2.45) is 0 Å². The van der Waals surface area contributed by atoms with Crippen LogP contribution in [0.15, 0.2) is 35.7 Å². The van der Waals surface area contributed by atoms with Gasteiger partial charge in [-0.15, -0.1) is 11.3 Å². The monoisotopic (exact) mass is 372 g/mol. The maximum Gasteiger partial charge on any atom is 0.325 e. The summed E-state index contributed by atoms with van der Waals surface area (Å²) in [7, 11) is 0. The lowest BCUT2D eigenvalue weighted by Crippen LogP contribution is -2.31. The highest BCUT2D eigenvalue weighted by molar-refractivity contribution is 7.13. The lowest BCUT2D eigenvalue weighted by Gasteiger charge is -2.19. The number of aryl methyl sites for hydroxylation is 1.